The van der Waals surface area contributed by atoms with E-state index in [0.29, 0.717) is 25.3 Å². The highest BCUT2D eigenvalue weighted by Gasteiger charge is 2.32. The Morgan fingerprint density at radius 2 is 2.26 bits per heavy atom. The van der Waals surface area contributed by atoms with Gasteiger partial charge in [0.05, 0.1) is 24.7 Å². The summed E-state index contributed by atoms with van der Waals surface area (Å²) in [5.74, 6) is 0. The van der Waals surface area contributed by atoms with E-state index in [2.05, 4.69) is 0 Å². The number of ether oxygens (including phenoxy) is 1. The van der Waals surface area contributed by atoms with Crippen LogP contribution in [0.2, 0.25) is 0 Å². The maximum absolute atomic E-state index is 12.6. The molecule has 1 unspecified atom stereocenters. The molecular weight excluding hydrogens is 266 g/mol. The van der Waals surface area contributed by atoms with Crippen molar-refractivity contribution in [1.29, 1.82) is 0 Å². The zero-order valence-corrected chi connectivity index (χ0v) is 11.8. The Morgan fingerprint density at radius 1 is 1.47 bits per heavy atom. The highest BCUT2D eigenvalue weighted by Crippen LogP contribution is 2.22. The van der Waals surface area contributed by atoms with Crippen LogP contribution in [0.1, 0.15) is 18.9 Å². The first kappa shape index (κ1) is 14.5. The van der Waals surface area contributed by atoms with E-state index in [4.69, 9.17) is 9.84 Å². The molecule has 106 valence electrons. The summed E-state index contributed by atoms with van der Waals surface area (Å²) in [6.07, 6.45) is 0.721. The molecule has 1 aromatic rings. The Kier molecular flexibility index (Phi) is 4.57. The second kappa shape index (κ2) is 6.00. The van der Waals surface area contributed by atoms with Gasteiger partial charge in [0.2, 0.25) is 10.0 Å². The SMILES string of the molecule is CCC1COCCN1S(=O)(=O)c1cccc(CO)c1. The summed E-state index contributed by atoms with van der Waals surface area (Å²) in [6, 6.07) is 6.33. The van der Waals surface area contributed by atoms with Crippen LogP contribution >= 0.6 is 0 Å². The van der Waals surface area contributed by atoms with Crippen molar-refractivity contribution in [3.8, 4) is 0 Å². The molecule has 2 rings (SSSR count). The number of hydrogen-bond acceptors (Lipinski definition) is 4. The van der Waals surface area contributed by atoms with Gasteiger partial charge in [0.1, 0.15) is 0 Å². The van der Waals surface area contributed by atoms with Crippen molar-refractivity contribution >= 4 is 10.0 Å². The molecular formula is C13H19NO4S. The Balaban J connectivity index is 2.34. The Morgan fingerprint density at radius 3 is 2.95 bits per heavy atom. The van der Waals surface area contributed by atoms with E-state index in [9.17, 15) is 8.42 Å². The summed E-state index contributed by atoms with van der Waals surface area (Å²) < 4.78 is 32.1. The van der Waals surface area contributed by atoms with Crippen LogP contribution in [0.15, 0.2) is 29.2 Å². The molecule has 1 heterocycles. The quantitative estimate of drug-likeness (QED) is 0.895. The minimum absolute atomic E-state index is 0.114. The van der Waals surface area contributed by atoms with E-state index in [0.717, 1.165) is 6.42 Å². The van der Waals surface area contributed by atoms with Gasteiger partial charge in [-0.1, -0.05) is 19.1 Å². The zero-order valence-electron chi connectivity index (χ0n) is 10.9. The number of rotatable bonds is 4. The average molecular weight is 285 g/mol. The zero-order chi connectivity index (χ0) is 13.9. The molecule has 5 nitrogen and oxygen atoms in total. The fourth-order valence-corrected chi connectivity index (χ4v) is 3.96. The van der Waals surface area contributed by atoms with E-state index in [1.54, 1.807) is 18.2 Å². The van der Waals surface area contributed by atoms with Crippen LogP contribution in [-0.4, -0.2) is 43.6 Å². The normalized spacial score (nSPS) is 21.5. The molecule has 1 atom stereocenters. The smallest absolute Gasteiger partial charge is 0.243 e. The minimum Gasteiger partial charge on any atom is -0.392 e. The third-order valence-electron chi connectivity index (χ3n) is 3.33. The molecule has 0 radical (unpaired) electrons. The van der Waals surface area contributed by atoms with Gasteiger partial charge in [-0.05, 0) is 24.1 Å². The summed E-state index contributed by atoms with van der Waals surface area (Å²) in [5, 5.41) is 9.11. The summed E-state index contributed by atoms with van der Waals surface area (Å²) in [4.78, 5) is 0.236. The van der Waals surface area contributed by atoms with Gasteiger partial charge < -0.3 is 9.84 Å². The fraction of sp³-hybridized carbons (Fsp3) is 0.538. The van der Waals surface area contributed by atoms with Crippen LogP contribution in [0.25, 0.3) is 0 Å². The van der Waals surface area contributed by atoms with E-state index in [1.807, 2.05) is 6.92 Å². The number of sulfonamides is 1. The molecule has 1 aliphatic heterocycles. The lowest BCUT2D eigenvalue weighted by atomic mass is 10.2. The maximum Gasteiger partial charge on any atom is 0.243 e. The molecule has 0 aliphatic carbocycles. The monoisotopic (exact) mass is 285 g/mol. The van der Waals surface area contributed by atoms with E-state index < -0.39 is 10.0 Å². The standard InChI is InChI=1S/C13H19NO4S/c1-2-12-10-18-7-6-14(12)19(16,17)13-5-3-4-11(8-13)9-15/h3-5,8,12,15H,2,6-7,9-10H2,1H3. The molecule has 0 spiro atoms. The molecule has 0 bridgehead atoms. The Bertz CT molecular complexity index is 529. The lowest BCUT2D eigenvalue weighted by molar-refractivity contribution is 0.0314. The summed E-state index contributed by atoms with van der Waals surface area (Å²) in [7, 11) is -3.51. The highest BCUT2D eigenvalue weighted by molar-refractivity contribution is 7.89. The summed E-state index contributed by atoms with van der Waals surface area (Å²) in [6.45, 7) is 3.03. The van der Waals surface area contributed by atoms with Gasteiger partial charge in [-0.3, -0.25) is 0 Å². The number of aliphatic hydroxyl groups is 1. The third-order valence-corrected chi connectivity index (χ3v) is 5.28. The molecule has 1 N–H and O–H groups in total. The van der Waals surface area contributed by atoms with Crippen molar-refractivity contribution in [3.05, 3.63) is 29.8 Å². The number of morpholine rings is 1. The first-order chi connectivity index (χ1) is 9.09. The second-order valence-electron chi connectivity index (χ2n) is 4.56. The van der Waals surface area contributed by atoms with Gasteiger partial charge in [-0.25, -0.2) is 8.42 Å². The van der Waals surface area contributed by atoms with Gasteiger partial charge >= 0.3 is 0 Å². The summed E-state index contributed by atoms with van der Waals surface area (Å²) in [5.41, 5.74) is 0.599. The van der Waals surface area contributed by atoms with Gasteiger partial charge in [0.25, 0.3) is 0 Å². The minimum atomic E-state index is -3.51. The number of aliphatic hydroxyl groups excluding tert-OH is 1. The lowest BCUT2D eigenvalue weighted by Gasteiger charge is -2.34. The van der Waals surface area contributed by atoms with Crippen molar-refractivity contribution in [2.24, 2.45) is 0 Å². The van der Waals surface area contributed by atoms with Crippen LogP contribution in [0.5, 0.6) is 0 Å². The Hall–Kier alpha value is -0.950. The number of benzene rings is 1. The van der Waals surface area contributed by atoms with E-state index in [1.165, 1.54) is 10.4 Å². The lowest BCUT2D eigenvalue weighted by Crippen LogP contribution is -2.48. The van der Waals surface area contributed by atoms with Gasteiger partial charge in [0, 0.05) is 12.6 Å². The van der Waals surface area contributed by atoms with Crippen LogP contribution in [0, 0.1) is 0 Å². The van der Waals surface area contributed by atoms with Crippen molar-refractivity contribution in [2.75, 3.05) is 19.8 Å². The first-order valence-corrected chi connectivity index (χ1v) is 7.83. The molecule has 0 saturated carbocycles. The predicted molar refractivity (Wildman–Crippen MR) is 71.2 cm³/mol. The van der Waals surface area contributed by atoms with Crippen molar-refractivity contribution < 1.29 is 18.3 Å². The molecule has 1 aliphatic rings. The van der Waals surface area contributed by atoms with Crippen molar-refractivity contribution in [1.82, 2.24) is 4.31 Å². The van der Waals surface area contributed by atoms with Crippen LogP contribution in [0.4, 0.5) is 0 Å². The molecule has 1 fully saturated rings. The molecule has 0 aromatic heterocycles. The molecule has 19 heavy (non-hydrogen) atoms. The van der Waals surface area contributed by atoms with Crippen LogP contribution < -0.4 is 0 Å². The largest absolute Gasteiger partial charge is 0.392 e. The predicted octanol–water partition coefficient (Wildman–Crippen LogP) is 0.978. The maximum atomic E-state index is 12.6. The average Bonchev–Trinajstić information content (AvgIpc) is 2.47. The van der Waals surface area contributed by atoms with E-state index in [-0.39, 0.29) is 17.5 Å². The van der Waals surface area contributed by atoms with Crippen LogP contribution in [0.3, 0.4) is 0 Å². The van der Waals surface area contributed by atoms with Gasteiger partial charge in [-0.2, -0.15) is 4.31 Å². The second-order valence-corrected chi connectivity index (χ2v) is 6.45. The topological polar surface area (TPSA) is 66.8 Å². The fourth-order valence-electron chi connectivity index (χ4n) is 2.22. The Labute approximate surface area is 113 Å². The van der Waals surface area contributed by atoms with E-state index >= 15 is 0 Å². The van der Waals surface area contributed by atoms with Gasteiger partial charge in [0.15, 0.2) is 0 Å². The number of hydrogen-bond donors (Lipinski definition) is 1. The highest BCUT2D eigenvalue weighted by atomic mass is 32.2. The molecule has 1 saturated heterocycles. The number of nitrogens with zero attached hydrogens (tertiary/aromatic N) is 1. The van der Waals surface area contributed by atoms with Crippen LogP contribution in [-0.2, 0) is 21.4 Å². The van der Waals surface area contributed by atoms with Crippen molar-refractivity contribution in [3.63, 3.8) is 0 Å². The summed E-state index contributed by atoms with van der Waals surface area (Å²) >= 11 is 0. The third kappa shape index (κ3) is 2.97. The first-order valence-electron chi connectivity index (χ1n) is 6.39. The molecule has 1 aromatic carbocycles. The van der Waals surface area contributed by atoms with Gasteiger partial charge in [-0.15, -0.1) is 0 Å². The molecule has 0 amide bonds. The molecule has 6 heteroatoms. The van der Waals surface area contributed by atoms with Crippen molar-refractivity contribution in [2.45, 2.75) is 30.9 Å².